The van der Waals surface area contributed by atoms with E-state index in [4.69, 9.17) is 12.2 Å². The van der Waals surface area contributed by atoms with Gasteiger partial charge in [0.1, 0.15) is 5.71 Å². The van der Waals surface area contributed by atoms with Crippen molar-refractivity contribution in [3.63, 3.8) is 0 Å². The molecule has 0 radical (unpaired) electrons. The van der Waals surface area contributed by atoms with Gasteiger partial charge in [-0.05, 0) is 29.5 Å². The Morgan fingerprint density at radius 1 is 0.857 bits per heavy atom. The molecule has 0 saturated heterocycles. The molecule has 2 aromatic rings. The van der Waals surface area contributed by atoms with E-state index in [1.54, 1.807) is 42.5 Å². The molecule has 1 aliphatic rings. The molecule has 7 heteroatoms. The normalized spacial score (nSPS) is 14.3. The highest BCUT2D eigenvalue weighted by Crippen LogP contribution is 2.21. The van der Waals surface area contributed by atoms with Gasteiger partial charge in [0.05, 0.1) is 9.79 Å². The molecule has 1 aliphatic heterocycles. The lowest BCUT2D eigenvalue weighted by molar-refractivity contribution is 0.596. The lowest BCUT2D eigenvalue weighted by atomic mass is 10.1. The summed E-state index contributed by atoms with van der Waals surface area (Å²) in [5.41, 5.74) is 1.17. The molecular weight excluding hydrogens is 306 g/mol. The predicted octanol–water partition coefficient (Wildman–Crippen LogP) is 3.02. The Kier molecular flexibility index (Phi) is 3.44. The maximum absolute atomic E-state index is 12.4. The van der Waals surface area contributed by atoms with E-state index in [-0.39, 0.29) is 9.79 Å². The van der Waals surface area contributed by atoms with Gasteiger partial charge in [0.15, 0.2) is 4.99 Å². The third kappa shape index (κ3) is 2.53. The highest BCUT2D eigenvalue weighted by molar-refractivity contribution is 7.91. The molecule has 0 saturated carbocycles. The summed E-state index contributed by atoms with van der Waals surface area (Å²) in [6.07, 6.45) is 0. The Bertz CT molecular complexity index is 855. The van der Waals surface area contributed by atoms with Gasteiger partial charge in [-0.15, -0.1) is 10.2 Å². The third-order valence-electron chi connectivity index (χ3n) is 2.97. The summed E-state index contributed by atoms with van der Waals surface area (Å²) in [7, 11) is -3.51. The first kappa shape index (κ1) is 13.7. The minimum Gasteiger partial charge on any atom is -0.219 e. The van der Waals surface area contributed by atoms with Crippen LogP contribution in [-0.2, 0) is 9.84 Å². The van der Waals surface area contributed by atoms with Gasteiger partial charge in [-0.2, -0.15) is 0 Å². The fourth-order valence-electron chi connectivity index (χ4n) is 1.91. The molecular formula is C14H9N3O2S2. The van der Waals surface area contributed by atoms with Crippen LogP contribution in [0.3, 0.4) is 0 Å². The maximum atomic E-state index is 12.4. The van der Waals surface area contributed by atoms with Gasteiger partial charge in [-0.1, -0.05) is 42.5 Å². The average Bonchev–Trinajstić information content (AvgIpc) is 2.94. The van der Waals surface area contributed by atoms with E-state index in [1.807, 2.05) is 0 Å². The number of hydrogen-bond donors (Lipinski definition) is 0. The highest BCUT2D eigenvalue weighted by Gasteiger charge is 2.19. The van der Waals surface area contributed by atoms with Crippen molar-refractivity contribution in [1.29, 1.82) is 0 Å². The van der Waals surface area contributed by atoms with Gasteiger partial charge in [0.25, 0.3) is 0 Å². The quantitative estimate of drug-likeness (QED) is 0.817. The molecule has 0 atom stereocenters. The van der Waals surface area contributed by atoms with Crippen molar-refractivity contribution in [2.24, 2.45) is 15.4 Å². The van der Waals surface area contributed by atoms with Crippen molar-refractivity contribution < 1.29 is 8.42 Å². The van der Waals surface area contributed by atoms with Crippen molar-refractivity contribution in [1.82, 2.24) is 0 Å². The Labute approximate surface area is 127 Å². The summed E-state index contributed by atoms with van der Waals surface area (Å²) < 4.78 is 24.9. The molecule has 1 heterocycles. The maximum Gasteiger partial charge on any atom is 0.206 e. The number of sulfone groups is 1. The molecule has 104 valence electrons. The first-order chi connectivity index (χ1) is 10.1. The topological polar surface area (TPSA) is 71.2 Å². The number of nitrogens with zero attached hydrogens (tertiary/aromatic N) is 3. The van der Waals surface area contributed by atoms with Gasteiger partial charge < -0.3 is 0 Å². The number of thiocarbonyl (C=S) groups is 1. The summed E-state index contributed by atoms with van der Waals surface area (Å²) in [6.45, 7) is 0. The summed E-state index contributed by atoms with van der Waals surface area (Å²) in [5.74, 6) is 0. The van der Waals surface area contributed by atoms with Crippen LogP contribution in [0.25, 0.3) is 0 Å². The average molecular weight is 315 g/mol. The Morgan fingerprint density at radius 3 is 2.05 bits per heavy atom. The van der Waals surface area contributed by atoms with Gasteiger partial charge in [0, 0.05) is 5.56 Å². The Balaban J connectivity index is 1.97. The molecule has 0 aromatic heterocycles. The number of benzene rings is 2. The smallest absolute Gasteiger partial charge is 0.206 e. The zero-order chi connectivity index (χ0) is 14.9. The Hall–Kier alpha value is -2.25. The van der Waals surface area contributed by atoms with Gasteiger partial charge in [-0.25, -0.2) is 8.42 Å². The van der Waals surface area contributed by atoms with E-state index in [2.05, 4.69) is 15.4 Å². The van der Waals surface area contributed by atoms with Crippen LogP contribution in [0, 0.1) is 0 Å². The molecule has 5 nitrogen and oxygen atoms in total. The van der Waals surface area contributed by atoms with E-state index in [0.29, 0.717) is 16.3 Å². The number of hydrogen-bond acceptors (Lipinski definition) is 5. The van der Waals surface area contributed by atoms with E-state index >= 15 is 0 Å². The van der Waals surface area contributed by atoms with E-state index in [0.717, 1.165) is 0 Å². The van der Waals surface area contributed by atoms with Gasteiger partial charge in [-0.3, -0.25) is 0 Å². The van der Waals surface area contributed by atoms with Crippen molar-refractivity contribution in [3.05, 3.63) is 60.2 Å². The van der Waals surface area contributed by atoms with Crippen LogP contribution in [-0.4, -0.2) is 19.1 Å². The molecule has 0 N–H and O–H groups in total. The van der Waals surface area contributed by atoms with Crippen molar-refractivity contribution >= 4 is 32.8 Å². The summed E-state index contributed by atoms with van der Waals surface area (Å²) >= 11 is 5.00. The van der Waals surface area contributed by atoms with Crippen LogP contribution >= 0.6 is 12.2 Å². The molecule has 0 unspecified atom stereocenters. The molecule has 0 fully saturated rings. The summed E-state index contributed by atoms with van der Waals surface area (Å²) in [6, 6.07) is 14.6. The third-order valence-corrected chi connectivity index (χ3v) is 5.03. The van der Waals surface area contributed by atoms with E-state index < -0.39 is 9.84 Å². The highest BCUT2D eigenvalue weighted by atomic mass is 32.2. The molecule has 0 spiro atoms. The minimum atomic E-state index is -3.51. The predicted molar refractivity (Wildman–Crippen MR) is 82.3 cm³/mol. The second kappa shape index (κ2) is 5.27. The van der Waals surface area contributed by atoms with Crippen LogP contribution in [0.4, 0.5) is 0 Å². The Morgan fingerprint density at radius 2 is 1.48 bits per heavy atom. The SMILES string of the molecule is O=S(=O)(c1ccccc1)c1ccc(C2=NN=NC2=S)cc1. The van der Waals surface area contributed by atoms with E-state index in [1.165, 1.54) is 12.1 Å². The van der Waals surface area contributed by atoms with Gasteiger partial charge in [0.2, 0.25) is 9.84 Å². The second-order valence-corrected chi connectivity index (χ2v) is 6.62. The minimum absolute atomic E-state index is 0.218. The second-order valence-electron chi connectivity index (χ2n) is 4.28. The first-order valence-corrected chi connectivity index (χ1v) is 7.92. The molecule has 0 aliphatic carbocycles. The van der Waals surface area contributed by atoms with Crippen LogP contribution in [0.1, 0.15) is 5.56 Å². The largest absolute Gasteiger partial charge is 0.219 e. The van der Waals surface area contributed by atoms with Crippen LogP contribution < -0.4 is 0 Å². The lowest BCUT2D eigenvalue weighted by Gasteiger charge is -2.05. The van der Waals surface area contributed by atoms with Crippen molar-refractivity contribution in [3.8, 4) is 0 Å². The lowest BCUT2D eigenvalue weighted by Crippen LogP contribution is -2.08. The molecule has 21 heavy (non-hydrogen) atoms. The van der Waals surface area contributed by atoms with Gasteiger partial charge >= 0.3 is 0 Å². The first-order valence-electron chi connectivity index (χ1n) is 6.02. The molecule has 0 bridgehead atoms. The monoisotopic (exact) mass is 315 g/mol. The summed E-state index contributed by atoms with van der Waals surface area (Å²) in [5, 5.41) is 11.0. The standard InChI is InChI=1S/C14H9N3O2S2/c18-21(19,11-4-2-1-3-5-11)12-8-6-10(7-9-12)13-14(20)16-17-15-13/h1-9H. The molecule has 3 rings (SSSR count). The molecule has 2 aromatic carbocycles. The van der Waals surface area contributed by atoms with Crippen molar-refractivity contribution in [2.75, 3.05) is 0 Å². The van der Waals surface area contributed by atoms with Crippen molar-refractivity contribution in [2.45, 2.75) is 9.79 Å². The zero-order valence-corrected chi connectivity index (χ0v) is 12.3. The molecule has 0 amide bonds. The fraction of sp³-hybridized carbons (Fsp3) is 0. The number of rotatable bonds is 3. The summed E-state index contributed by atoms with van der Waals surface area (Å²) in [4.78, 5) is 0.779. The fourth-order valence-corrected chi connectivity index (χ4v) is 3.38. The zero-order valence-electron chi connectivity index (χ0n) is 10.7. The van der Waals surface area contributed by atoms with Crippen LogP contribution in [0.5, 0.6) is 0 Å². The van der Waals surface area contributed by atoms with E-state index in [9.17, 15) is 8.42 Å². The van der Waals surface area contributed by atoms with Crippen LogP contribution in [0.2, 0.25) is 0 Å². The van der Waals surface area contributed by atoms with Crippen LogP contribution in [0.15, 0.2) is 79.8 Å².